The van der Waals surface area contributed by atoms with Crippen molar-refractivity contribution in [1.82, 2.24) is 9.72 Å². The first-order valence-corrected chi connectivity index (χ1v) is 7.00. The Balaban J connectivity index is 1.98. The molecule has 112 valence electrons. The monoisotopic (exact) mass is 316 g/mol. The molecule has 0 saturated heterocycles. The number of methoxy groups -OCH3 is 1. The van der Waals surface area contributed by atoms with Gasteiger partial charge in [-0.3, -0.25) is 9.09 Å². The first kappa shape index (κ1) is 14.4. The highest BCUT2D eigenvalue weighted by molar-refractivity contribution is 6.30. The molecule has 0 aliphatic heterocycles. The molecule has 1 aromatic heterocycles. The van der Waals surface area contributed by atoms with Crippen molar-refractivity contribution < 1.29 is 9.26 Å². The second-order valence-electron chi connectivity index (χ2n) is 4.72. The summed E-state index contributed by atoms with van der Waals surface area (Å²) in [4.78, 5) is 11.9. The van der Waals surface area contributed by atoms with Gasteiger partial charge in [-0.2, -0.15) is 0 Å². The predicted octanol–water partition coefficient (Wildman–Crippen LogP) is 3.21. The predicted molar refractivity (Wildman–Crippen MR) is 83.3 cm³/mol. The Morgan fingerprint density at radius 3 is 2.73 bits per heavy atom. The molecule has 3 aromatic rings. The van der Waals surface area contributed by atoms with Gasteiger partial charge in [0.25, 0.3) is 0 Å². The third-order valence-corrected chi connectivity index (χ3v) is 3.52. The van der Waals surface area contributed by atoms with Gasteiger partial charge in [0.15, 0.2) is 5.82 Å². The Morgan fingerprint density at radius 2 is 2.00 bits per heavy atom. The summed E-state index contributed by atoms with van der Waals surface area (Å²) in [6.45, 7) is 0.345. The molecule has 0 unspecified atom stereocenters. The first-order chi connectivity index (χ1) is 10.7. The van der Waals surface area contributed by atoms with Gasteiger partial charge >= 0.3 is 5.76 Å². The van der Waals surface area contributed by atoms with E-state index in [1.165, 1.54) is 4.57 Å². The maximum atomic E-state index is 11.9. The van der Waals surface area contributed by atoms with Crippen LogP contribution in [0.3, 0.4) is 0 Å². The maximum absolute atomic E-state index is 11.9. The third kappa shape index (κ3) is 2.89. The van der Waals surface area contributed by atoms with E-state index >= 15 is 0 Å². The lowest BCUT2D eigenvalue weighted by Crippen LogP contribution is -2.16. The molecule has 2 aromatic carbocycles. The summed E-state index contributed by atoms with van der Waals surface area (Å²) in [6, 6.07) is 14.6. The van der Waals surface area contributed by atoms with Crippen LogP contribution in [0.5, 0.6) is 5.75 Å². The van der Waals surface area contributed by atoms with Crippen LogP contribution in [0.15, 0.2) is 57.8 Å². The van der Waals surface area contributed by atoms with Crippen LogP contribution in [0.4, 0.5) is 0 Å². The summed E-state index contributed by atoms with van der Waals surface area (Å²) in [5, 5.41) is 4.47. The molecule has 0 aliphatic carbocycles. The van der Waals surface area contributed by atoms with Crippen molar-refractivity contribution in [1.29, 1.82) is 0 Å². The van der Waals surface area contributed by atoms with Gasteiger partial charge in [-0.15, -0.1) is 0 Å². The highest BCUT2D eigenvalue weighted by Crippen LogP contribution is 2.20. The molecule has 0 aliphatic rings. The van der Waals surface area contributed by atoms with E-state index in [1.54, 1.807) is 31.4 Å². The molecule has 6 heteroatoms. The number of ether oxygens (including phenoxy) is 1. The highest BCUT2D eigenvalue weighted by atomic mass is 35.5. The van der Waals surface area contributed by atoms with Gasteiger partial charge < -0.3 is 4.74 Å². The third-order valence-electron chi connectivity index (χ3n) is 3.26. The Kier molecular flexibility index (Phi) is 3.98. The number of nitrogens with zero attached hydrogens (tertiary/aromatic N) is 2. The number of benzene rings is 2. The zero-order chi connectivity index (χ0) is 15.5. The SMILES string of the molecule is COc1cccc(Cn2c(-c3ccc(Cl)cc3)noc2=O)c1. The van der Waals surface area contributed by atoms with Crippen molar-refractivity contribution in [3.8, 4) is 17.1 Å². The van der Waals surface area contributed by atoms with Crippen molar-refractivity contribution in [3.63, 3.8) is 0 Å². The van der Waals surface area contributed by atoms with E-state index in [0.717, 1.165) is 16.9 Å². The number of halogens is 1. The number of rotatable bonds is 4. The summed E-state index contributed by atoms with van der Waals surface area (Å²) in [6.07, 6.45) is 0. The first-order valence-electron chi connectivity index (χ1n) is 6.63. The van der Waals surface area contributed by atoms with Gasteiger partial charge in [-0.25, -0.2) is 4.79 Å². The fourth-order valence-corrected chi connectivity index (χ4v) is 2.29. The molecule has 0 spiro atoms. The van der Waals surface area contributed by atoms with Gasteiger partial charge in [0.05, 0.1) is 13.7 Å². The van der Waals surface area contributed by atoms with E-state index in [4.69, 9.17) is 20.9 Å². The molecule has 5 nitrogen and oxygen atoms in total. The summed E-state index contributed by atoms with van der Waals surface area (Å²) in [5.41, 5.74) is 1.68. The Morgan fingerprint density at radius 1 is 1.23 bits per heavy atom. The minimum Gasteiger partial charge on any atom is -0.497 e. The topological polar surface area (TPSA) is 57.3 Å². The van der Waals surface area contributed by atoms with Crippen LogP contribution in [0.2, 0.25) is 5.02 Å². The zero-order valence-electron chi connectivity index (χ0n) is 11.8. The average molecular weight is 317 g/mol. The Hall–Kier alpha value is -2.53. The van der Waals surface area contributed by atoms with Crippen molar-refractivity contribution >= 4 is 11.6 Å². The highest BCUT2D eigenvalue weighted by Gasteiger charge is 2.13. The van der Waals surface area contributed by atoms with E-state index in [2.05, 4.69) is 5.16 Å². The van der Waals surface area contributed by atoms with Crippen molar-refractivity contribution in [2.24, 2.45) is 0 Å². The van der Waals surface area contributed by atoms with E-state index in [-0.39, 0.29) is 0 Å². The minimum atomic E-state index is -0.507. The van der Waals surface area contributed by atoms with Gasteiger partial charge in [0, 0.05) is 10.6 Å². The molecule has 0 fully saturated rings. The zero-order valence-corrected chi connectivity index (χ0v) is 12.6. The van der Waals surface area contributed by atoms with Gasteiger partial charge in [-0.1, -0.05) is 28.9 Å². The molecule has 0 atom stereocenters. The number of aromatic nitrogens is 2. The molecule has 3 rings (SSSR count). The molecule has 22 heavy (non-hydrogen) atoms. The molecule has 0 amide bonds. The van der Waals surface area contributed by atoms with Crippen molar-refractivity contribution in [3.05, 3.63) is 69.7 Å². The summed E-state index contributed by atoms with van der Waals surface area (Å²) >= 11 is 5.88. The van der Waals surface area contributed by atoms with Crippen LogP contribution in [0, 0.1) is 0 Å². The second-order valence-corrected chi connectivity index (χ2v) is 5.15. The minimum absolute atomic E-state index is 0.345. The Bertz CT molecular complexity index is 837. The van der Waals surface area contributed by atoms with Crippen LogP contribution < -0.4 is 10.5 Å². The smallest absolute Gasteiger partial charge is 0.442 e. The van der Waals surface area contributed by atoms with Gasteiger partial charge in [0.1, 0.15) is 5.75 Å². The maximum Gasteiger partial charge on any atom is 0.442 e. The van der Waals surface area contributed by atoms with E-state index in [0.29, 0.717) is 17.4 Å². The van der Waals surface area contributed by atoms with Crippen molar-refractivity contribution in [2.75, 3.05) is 7.11 Å². The van der Waals surface area contributed by atoms with Gasteiger partial charge in [0.2, 0.25) is 0 Å². The number of hydrogen-bond acceptors (Lipinski definition) is 4. The van der Waals surface area contributed by atoms with Crippen LogP contribution in [-0.4, -0.2) is 16.8 Å². The molecule has 0 saturated carbocycles. The quantitative estimate of drug-likeness (QED) is 0.741. The number of hydrogen-bond donors (Lipinski definition) is 0. The molecule has 0 N–H and O–H groups in total. The van der Waals surface area contributed by atoms with E-state index < -0.39 is 5.76 Å². The summed E-state index contributed by atoms with van der Waals surface area (Å²) in [7, 11) is 1.60. The van der Waals surface area contributed by atoms with Crippen LogP contribution in [-0.2, 0) is 6.54 Å². The van der Waals surface area contributed by atoms with Gasteiger partial charge in [-0.05, 0) is 42.0 Å². The lowest BCUT2D eigenvalue weighted by atomic mass is 10.2. The standard InChI is InChI=1S/C16H13ClN2O3/c1-21-14-4-2-3-11(9-14)10-19-15(18-22-16(19)20)12-5-7-13(17)8-6-12/h2-9H,10H2,1H3. The second kappa shape index (κ2) is 6.07. The lowest BCUT2D eigenvalue weighted by Gasteiger charge is -2.06. The normalized spacial score (nSPS) is 10.6. The summed E-state index contributed by atoms with van der Waals surface area (Å²) < 4.78 is 11.5. The fraction of sp³-hybridized carbons (Fsp3) is 0.125. The van der Waals surface area contributed by atoms with Crippen LogP contribution >= 0.6 is 11.6 Å². The van der Waals surface area contributed by atoms with E-state index in [1.807, 2.05) is 24.3 Å². The fourth-order valence-electron chi connectivity index (χ4n) is 2.17. The van der Waals surface area contributed by atoms with Crippen LogP contribution in [0.1, 0.15) is 5.56 Å². The van der Waals surface area contributed by atoms with Crippen molar-refractivity contribution in [2.45, 2.75) is 6.54 Å². The largest absolute Gasteiger partial charge is 0.497 e. The summed E-state index contributed by atoms with van der Waals surface area (Å²) in [5.74, 6) is 0.687. The molecular weight excluding hydrogens is 304 g/mol. The molecular formula is C16H13ClN2O3. The molecule has 1 heterocycles. The molecule has 0 radical (unpaired) electrons. The molecule has 0 bridgehead atoms. The van der Waals surface area contributed by atoms with E-state index in [9.17, 15) is 4.79 Å². The van der Waals surface area contributed by atoms with Crippen LogP contribution in [0.25, 0.3) is 11.4 Å². The Labute approximate surface area is 131 Å². The lowest BCUT2D eigenvalue weighted by molar-refractivity contribution is 0.378. The average Bonchev–Trinajstić information content (AvgIpc) is 2.89.